The van der Waals surface area contributed by atoms with Crippen molar-refractivity contribution >= 4 is 21.8 Å². The molecule has 1 aromatic carbocycles. The van der Waals surface area contributed by atoms with Crippen LogP contribution in [0, 0.1) is 5.92 Å². The molecule has 1 fully saturated rings. The van der Waals surface area contributed by atoms with E-state index in [4.69, 9.17) is 9.84 Å². The largest absolute Gasteiger partial charge is 0.493 e. The van der Waals surface area contributed by atoms with Gasteiger partial charge >= 0.3 is 0 Å². The fraction of sp³-hybridized carbons (Fsp3) is 0.562. The minimum Gasteiger partial charge on any atom is -0.493 e. The Labute approximate surface area is 134 Å². The van der Waals surface area contributed by atoms with E-state index in [-0.39, 0.29) is 12.5 Å². The summed E-state index contributed by atoms with van der Waals surface area (Å²) in [4.78, 5) is 14.1. The molecule has 21 heavy (non-hydrogen) atoms. The highest BCUT2D eigenvalue weighted by molar-refractivity contribution is 9.10. The van der Waals surface area contributed by atoms with E-state index in [1.807, 2.05) is 29.2 Å². The summed E-state index contributed by atoms with van der Waals surface area (Å²) in [6, 6.07) is 7.60. The Bertz CT molecular complexity index is 447. The fourth-order valence-corrected chi connectivity index (χ4v) is 2.92. The van der Waals surface area contributed by atoms with E-state index in [2.05, 4.69) is 15.9 Å². The summed E-state index contributed by atoms with van der Waals surface area (Å²) in [6.45, 7) is 2.22. The molecule has 1 heterocycles. The van der Waals surface area contributed by atoms with Gasteiger partial charge in [-0.2, -0.15) is 0 Å². The summed E-state index contributed by atoms with van der Waals surface area (Å²) in [7, 11) is 0. The van der Waals surface area contributed by atoms with Crippen LogP contribution in [-0.2, 0) is 4.79 Å². The Morgan fingerprint density at radius 3 is 2.86 bits per heavy atom. The normalized spacial score (nSPS) is 18.6. The molecule has 0 bridgehead atoms. The molecule has 1 aromatic rings. The number of nitrogens with zero attached hydrogens (tertiary/aromatic N) is 1. The zero-order valence-corrected chi connectivity index (χ0v) is 13.7. The van der Waals surface area contributed by atoms with Crippen molar-refractivity contribution < 1.29 is 14.6 Å². The lowest BCUT2D eigenvalue weighted by atomic mass is 9.95. The van der Waals surface area contributed by atoms with Crippen LogP contribution in [0.1, 0.15) is 25.7 Å². The van der Waals surface area contributed by atoms with Gasteiger partial charge < -0.3 is 14.7 Å². The molecule has 1 unspecified atom stereocenters. The van der Waals surface area contributed by atoms with Crippen LogP contribution in [0.25, 0.3) is 0 Å². The zero-order valence-electron chi connectivity index (χ0n) is 12.1. The lowest BCUT2D eigenvalue weighted by molar-refractivity contribution is -0.133. The van der Waals surface area contributed by atoms with Crippen molar-refractivity contribution in [1.82, 2.24) is 4.90 Å². The predicted molar refractivity (Wildman–Crippen MR) is 85.3 cm³/mol. The molecule has 0 aromatic heterocycles. The first-order valence-electron chi connectivity index (χ1n) is 7.46. The number of carbonyl (C=O) groups is 1. The number of halogens is 1. The summed E-state index contributed by atoms with van der Waals surface area (Å²) in [6.07, 6.45) is 3.34. The number of likely N-dealkylation sites (tertiary alicyclic amines) is 1. The second-order valence-corrected chi connectivity index (χ2v) is 6.33. The monoisotopic (exact) mass is 355 g/mol. The molecule has 0 radical (unpaired) electrons. The summed E-state index contributed by atoms with van der Waals surface area (Å²) in [5.41, 5.74) is 0. The molecule has 1 aliphatic rings. The Balaban J connectivity index is 1.72. The second-order valence-electron chi connectivity index (χ2n) is 5.41. The maximum absolute atomic E-state index is 12.2. The number of rotatable bonds is 6. The van der Waals surface area contributed by atoms with Gasteiger partial charge in [-0.3, -0.25) is 4.79 Å². The molecule has 4 nitrogen and oxygen atoms in total. The predicted octanol–water partition coefficient (Wildman–Crippen LogP) is 2.84. The van der Waals surface area contributed by atoms with Gasteiger partial charge in [0, 0.05) is 24.2 Å². The van der Waals surface area contributed by atoms with Crippen LogP contribution >= 0.6 is 15.9 Å². The maximum atomic E-state index is 12.2. The van der Waals surface area contributed by atoms with Gasteiger partial charge in [-0.15, -0.1) is 0 Å². The highest BCUT2D eigenvalue weighted by Crippen LogP contribution is 2.20. The van der Waals surface area contributed by atoms with Crippen LogP contribution in [0.3, 0.4) is 0 Å². The van der Waals surface area contributed by atoms with Crippen LogP contribution < -0.4 is 4.74 Å². The first kappa shape index (κ1) is 16.3. The van der Waals surface area contributed by atoms with Gasteiger partial charge in [-0.25, -0.2) is 0 Å². The van der Waals surface area contributed by atoms with E-state index >= 15 is 0 Å². The molecule has 0 aliphatic carbocycles. The number of piperidine rings is 1. The minimum atomic E-state index is 0.148. The van der Waals surface area contributed by atoms with E-state index in [0.29, 0.717) is 18.9 Å². The minimum absolute atomic E-state index is 0.148. The Hall–Kier alpha value is -1.07. The van der Waals surface area contributed by atoms with Crippen molar-refractivity contribution in [3.63, 3.8) is 0 Å². The van der Waals surface area contributed by atoms with Crippen molar-refractivity contribution in [2.75, 3.05) is 26.3 Å². The van der Waals surface area contributed by atoms with Gasteiger partial charge in [0.1, 0.15) is 5.75 Å². The molecule has 1 aliphatic heterocycles. The number of ether oxygens (including phenoxy) is 1. The molecular weight excluding hydrogens is 334 g/mol. The Morgan fingerprint density at radius 1 is 1.38 bits per heavy atom. The van der Waals surface area contributed by atoms with E-state index < -0.39 is 0 Å². The molecule has 1 amide bonds. The van der Waals surface area contributed by atoms with Crippen LogP contribution in [0.15, 0.2) is 28.7 Å². The van der Waals surface area contributed by atoms with Crippen LogP contribution in [-0.4, -0.2) is 42.2 Å². The maximum Gasteiger partial charge on any atom is 0.226 e. The third-order valence-electron chi connectivity index (χ3n) is 3.81. The molecule has 5 heteroatoms. The average Bonchev–Trinajstić information content (AvgIpc) is 2.50. The SMILES string of the molecule is O=C(CCOc1ccc(Br)cc1)N1CCCC(CCO)C1. The first-order chi connectivity index (χ1) is 10.2. The lowest BCUT2D eigenvalue weighted by Crippen LogP contribution is -2.40. The smallest absolute Gasteiger partial charge is 0.226 e. The van der Waals surface area contributed by atoms with Crippen LogP contribution in [0.4, 0.5) is 0 Å². The van der Waals surface area contributed by atoms with E-state index in [9.17, 15) is 4.79 Å². The Morgan fingerprint density at radius 2 is 2.14 bits per heavy atom. The highest BCUT2D eigenvalue weighted by Gasteiger charge is 2.22. The number of hydrogen-bond donors (Lipinski definition) is 1. The second kappa shape index (κ2) is 8.39. The standard InChI is InChI=1S/C16H22BrNO3/c17-14-3-5-15(6-4-14)21-11-8-16(20)18-9-1-2-13(12-18)7-10-19/h3-6,13,19H,1-2,7-12H2. The topological polar surface area (TPSA) is 49.8 Å². The molecule has 2 rings (SSSR count). The zero-order chi connectivity index (χ0) is 15.1. The highest BCUT2D eigenvalue weighted by atomic mass is 79.9. The van der Waals surface area contributed by atoms with Crippen molar-refractivity contribution in [3.05, 3.63) is 28.7 Å². The fourth-order valence-electron chi connectivity index (χ4n) is 2.65. The van der Waals surface area contributed by atoms with Crippen LogP contribution in [0.5, 0.6) is 5.75 Å². The van der Waals surface area contributed by atoms with Gasteiger partial charge in [-0.1, -0.05) is 15.9 Å². The number of aliphatic hydroxyl groups is 1. The Kier molecular flexibility index (Phi) is 6.51. The van der Waals surface area contributed by atoms with E-state index in [0.717, 1.165) is 42.6 Å². The van der Waals surface area contributed by atoms with Crippen LogP contribution in [0.2, 0.25) is 0 Å². The number of aliphatic hydroxyl groups excluding tert-OH is 1. The molecule has 1 atom stereocenters. The average molecular weight is 356 g/mol. The van der Waals surface area contributed by atoms with Crippen molar-refractivity contribution in [2.24, 2.45) is 5.92 Å². The summed E-state index contributed by atoms with van der Waals surface area (Å²) >= 11 is 3.37. The van der Waals surface area contributed by atoms with Gasteiger partial charge in [0.15, 0.2) is 0 Å². The van der Waals surface area contributed by atoms with Gasteiger partial charge in [0.25, 0.3) is 0 Å². The molecule has 1 N–H and O–H groups in total. The van der Waals surface area contributed by atoms with E-state index in [1.54, 1.807) is 0 Å². The van der Waals surface area contributed by atoms with Gasteiger partial charge in [0.05, 0.1) is 13.0 Å². The molecule has 0 saturated carbocycles. The number of amides is 1. The molecule has 1 saturated heterocycles. The number of carbonyl (C=O) groups excluding carboxylic acids is 1. The van der Waals surface area contributed by atoms with Crippen molar-refractivity contribution in [1.29, 1.82) is 0 Å². The number of hydrogen-bond acceptors (Lipinski definition) is 3. The number of benzene rings is 1. The molecule has 0 spiro atoms. The molecular formula is C16H22BrNO3. The van der Waals surface area contributed by atoms with Crippen molar-refractivity contribution in [3.8, 4) is 5.75 Å². The lowest BCUT2D eigenvalue weighted by Gasteiger charge is -2.32. The molecule has 116 valence electrons. The van der Waals surface area contributed by atoms with Gasteiger partial charge in [0.2, 0.25) is 5.91 Å². The summed E-state index contributed by atoms with van der Waals surface area (Å²) < 4.78 is 6.60. The van der Waals surface area contributed by atoms with E-state index in [1.165, 1.54) is 0 Å². The first-order valence-corrected chi connectivity index (χ1v) is 8.25. The third kappa shape index (κ3) is 5.32. The van der Waals surface area contributed by atoms with Crippen molar-refractivity contribution in [2.45, 2.75) is 25.7 Å². The summed E-state index contributed by atoms with van der Waals surface area (Å²) in [5, 5.41) is 9.00. The van der Waals surface area contributed by atoms with Gasteiger partial charge in [-0.05, 0) is 49.4 Å². The summed E-state index contributed by atoms with van der Waals surface area (Å²) in [5.74, 6) is 1.37. The third-order valence-corrected chi connectivity index (χ3v) is 4.34. The quantitative estimate of drug-likeness (QED) is 0.853.